The van der Waals surface area contributed by atoms with Crippen LogP contribution in [0.1, 0.15) is 10.4 Å². The maximum Gasteiger partial charge on any atom is 0.454 e. The van der Waals surface area contributed by atoms with Crippen LogP contribution in [0, 0.1) is 5.82 Å². The molecular formula is C9H5BrF4OS. The van der Waals surface area contributed by atoms with Gasteiger partial charge in [0.15, 0.2) is 0 Å². The van der Waals surface area contributed by atoms with Gasteiger partial charge in [-0.3, -0.25) is 4.79 Å². The molecule has 0 aliphatic heterocycles. The number of hydrogen-bond acceptors (Lipinski definition) is 2. The average Bonchev–Trinajstić information content (AvgIpc) is 2.16. The number of thioether (sulfide) groups is 1. The molecule has 0 aromatic heterocycles. The van der Waals surface area contributed by atoms with Crippen LogP contribution >= 0.6 is 27.7 Å². The zero-order chi connectivity index (χ0) is 12.5. The molecule has 0 aliphatic carbocycles. The number of rotatable bonds is 2. The lowest BCUT2D eigenvalue weighted by Crippen LogP contribution is -2.24. The Morgan fingerprint density at radius 3 is 2.38 bits per heavy atom. The molecule has 0 saturated heterocycles. The normalized spacial score (nSPS) is 11.6. The second kappa shape index (κ2) is 4.75. The second-order valence-electron chi connectivity index (χ2n) is 2.77. The highest BCUT2D eigenvalue weighted by atomic mass is 79.9. The smallest absolute Gasteiger partial charge is 0.284 e. The minimum absolute atomic E-state index is 0.0184. The van der Waals surface area contributed by atoms with Crippen LogP contribution in [0.4, 0.5) is 17.6 Å². The van der Waals surface area contributed by atoms with E-state index >= 15 is 0 Å². The van der Waals surface area contributed by atoms with Crippen LogP contribution in [0.25, 0.3) is 0 Å². The Balaban J connectivity index is 3.32. The zero-order valence-electron chi connectivity index (χ0n) is 7.86. The third-order valence-electron chi connectivity index (χ3n) is 1.76. The van der Waals surface area contributed by atoms with E-state index in [2.05, 4.69) is 15.9 Å². The van der Waals surface area contributed by atoms with Gasteiger partial charge in [0, 0.05) is 4.47 Å². The molecular weight excluding hydrogens is 312 g/mol. The molecule has 0 heterocycles. The molecule has 0 bridgehead atoms. The fourth-order valence-electron chi connectivity index (χ4n) is 1.05. The summed E-state index contributed by atoms with van der Waals surface area (Å²) in [7, 11) is 0. The molecule has 0 radical (unpaired) electrons. The van der Waals surface area contributed by atoms with E-state index in [1.165, 1.54) is 12.3 Å². The van der Waals surface area contributed by atoms with Crippen molar-refractivity contribution in [2.75, 3.05) is 6.26 Å². The van der Waals surface area contributed by atoms with E-state index in [9.17, 15) is 22.4 Å². The maximum atomic E-state index is 13.5. The Labute approximate surface area is 101 Å². The van der Waals surface area contributed by atoms with Crippen LogP contribution in [0.3, 0.4) is 0 Å². The van der Waals surface area contributed by atoms with Crippen molar-refractivity contribution >= 4 is 33.5 Å². The van der Waals surface area contributed by atoms with E-state index in [-0.39, 0.29) is 4.90 Å². The minimum Gasteiger partial charge on any atom is -0.284 e. The minimum atomic E-state index is -5.07. The maximum absolute atomic E-state index is 13.5. The van der Waals surface area contributed by atoms with Crippen LogP contribution in [0.2, 0.25) is 0 Å². The highest BCUT2D eigenvalue weighted by Gasteiger charge is 2.41. The van der Waals surface area contributed by atoms with Crippen LogP contribution in [-0.2, 0) is 0 Å². The summed E-state index contributed by atoms with van der Waals surface area (Å²) in [6.45, 7) is 0. The predicted molar refractivity (Wildman–Crippen MR) is 56.3 cm³/mol. The molecule has 0 N–H and O–H groups in total. The third kappa shape index (κ3) is 2.57. The largest absolute Gasteiger partial charge is 0.454 e. The van der Waals surface area contributed by atoms with Crippen molar-refractivity contribution in [3.63, 3.8) is 0 Å². The highest BCUT2D eigenvalue weighted by molar-refractivity contribution is 9.10. The number of carbonyl (C=O) groups is 1. The molecule has 1 aromatic rings. The first kappa shape index (κ1) is 13.5. The standard InChI is InChI=1S/C9H5BrF4OS/c1-16-7-5(10)3-2-4(6(7)11)8(15)9(12,13)14/h2-3H,1H3. The number of Topliss-reactive ketones (excluding diaryl/α,β-unsaturated/α-hetero) is 1. The number of ketones is 1. The summed E-state index contributed by atoms with van der Waals surface area (Å²) < 4.78 is 50.2. The summed E-state index contributed by atoms with van der Waals surface area (Å²) in [4.78, 5) is 10.9. The fraction of sp³-hybridized carbons (Fsp3) is 0.222. The van der Waals surface area contributed by atoms with Crippen molar-refractivity contribution in [2.45, 2.75) is 11.1 Å². The molecule has 0 spiro atoms. The molecule has 1 rings (SSSR count). The van der Waals surface area contributed by atoms with Gasteiger partial charge >= 0.3 is 6.18 Å². The molecule has 16 heavy (non-hydrogen) atoms. The Hall–Kier alpha value is -0.560. The SMILES string of the molecule is CSc1c(Br)ccc(C(=O)C(F)(F)F)c1F. The zero-order valence-corrected chi connectivity index (χ0v) is 10.3. The first-order valence-corrected chi connectivity index (χ1v) is 5.94. The van der Waals surface area contributed by atoms with Crippen LogP contribution in [-0.4, -0.2) is 18.2 Å². The predicted octanol–water partition coefficient (Wildman–Crippen LogP) is 4.06. The summed E-state index contributed by atoms with van der Waals surface area (Å²) in [5.74, 6) is -3.32. The highest BCUT2D eigenvalue weighted by Crippen LogP contribution is 2.33. The van der Waals surface area contributed by atoms with Crippen molar-refractivity contribution < 1.29 is 22.4 Å². The van der Waals surface area contributed by atoms with Crippen LogP contribution in [0.15, 0.2) is 21.5 Å². The molecule has 0 aliphatic rings. The van der Waals surface area contributed by atoms with Crippen molar-refractivity contribution in [3.05, 3.63) is 28.0 Å². The van der Waals surface area contributed by atoms with Crippen LogP contribution in [0.5, 0.6) is 0 Å². The third-order valence-corrected chi connectivity index (χ3v) is 3.49. The molecule has 0 saturated carbocycles. The summed E-state index contributed by atoms with van der Waals surface area (Å²) in [6, 6.07) is 2.03. The van der Waals surface area contributed by atoms with Gasteiger partial charge in [-0.1, -0.05) is 0 Å². The van der Waals surface area contributed by atoms with Gasteiger partial charge in [0.1, 0.15) is 5.82 Å². The number of hydrogen-bond donors (Lipinski definition) is 0. The Morgan fingerprint density at radius 2 is 1.94 bits per heavy atom. The first-order valence-electron chi connectivity index (χ1n) is 3.92. The summed E-state index contributed by atoms with van der Waals surface area (Å²) >= 11 is 3.91. The summed E-state index contributed by atoms with van der Waals surface area (Å²) in [5.41, 5.74) is -0.958. The first-order chi connectivity index (χ1) is 7.29. The van der Waals surface area contributed by atoms with E-state index in [1.807, 2.05) is 0 Å². The van der Waals surface area contributed by atoms with Gasteiger partial charge in [-0.2, -0.15) is 13.2 Å². The second-order valence-corrected chi connectivity index (χ2v) is 4.44. The van der Waals surface area contributed by atoms with Gasteiger partial charge < -0.3 is 0 Å². The van der Waals surface area contributed by atoms with Gasteiger partial charge in [0.2, 0.25) is 0 Å². The molecule has 88 valence electrons. The molecule has 1 aromatic carbocycles. The van der Waals surface area contributed by atoms with Gasteiger partial charge in [0.25, 0.3) is 5.78 Å². The molecule has 0 amide bonds. The summed E-state index contributed by atoms with van der Waals surface area (Å²) in [6.07, 6.45) is -3.56. The number of halogens is 5. The average molecular weight is 317 g/mol. The Morgan fingerprint density at radius 1 is 1.38 bits per heavy atom. The topological polar surface area (TPSA) is 17.1 Å². The monoisotopic (exact) mass is 316 g/mol. The Kier molecular flexibility index (Phi) is 4.01. The molecule has 0 unspecified atom stereocenters. The number of carbonyl (C=O) groups excluding carboxylic acids is 1. The number of benzene rings is 1. The van der Waals surface area contributed by atoms with E-state index in [1.54, 1.807) is 0 Å². The summed E-state index contributed by atoms with van der Waals surface area (Å²) in [5, 5.41) is 0. The van der Waals surface area contributed by atoms with Gasteiger partial charge in [-0.05, 0) is 34.3 Å². The van der Waals surface area contributed by atoms with E-state index in [0.717, 1.165) is 17.8 Å². The van der Waals surface area contributed by atoms with Gasteiger partial charge in [-0.25, -0.2) is 4.39 Å². The van der Waals surface area contributed by atoms with Gasteiger partial charge in [-0.15, -0.1) is 11.8 Å². The van der Waals surface area contributed by atoms with Gasteiger partial charge in [0.05, 0.1) is 10.5 Å². The Bertz CT molecular complexity index is 430. The quantitative estimate of drug-likeness (QED) is 0.465. The lowest BCUT2D eigenvalue weighted by atomic mass is 10.1. The van der Waals surface area contributed by atoms with E-state index in [4.69, 9.17) is 0 Å². The van der Waals surface area contributed by atoms with Crippen molar-refractivity contribution in [1.29, 1.82) is 0 Å². The van der Waals surface area contributed by atoms with Crippen molar-refractivity contribution in [3.8, 4) is 0 Å². The molecule has 1 nitrogen and oxygen atoms in total. The molecule has 0 fully saturated rings. The van der Waals surface area contributed by atoms with Crippen LogP contribution < -0.4 is 0 Å². The lowest BCUT2D eigenvalue weighted by Gasteiger charge is -2.09. The molecule has 0 atom stereocenters. The lowest BCUT2D eigenvalue weighted by molar-refractivity contribution is -0.0887. The molecule has 7 heteroatoms. The van der Waals surface area contributed by atoms with E-state index in [0.29, 0.717) is 4.47 Å². The van der Waals surface area contributed by atoms with Crippen molar-refractivity contribution in [1.82, 2.24) is 0 Å². The number of alkyl halides is 3. The van der Waals surface area contributed by atoms with E-state index < -0.39 is 23.3 Å². The fourth-order valence-corrected chi connectivity index (χ4v) is 2.39. The van der Waals surface area contributed by atoms with Crippen molar-refractivity contribution in [2.24, 2.45) is 0 Å².